The Bertz CT molecular complexity index is 935. The average Bonchev–Trinajstić information content (AvgIpc) is 3.31. The van der Waals surface area contributed by atoms with Gasteiger partial charge in [-0.25, -0.2) is 0 Å². The highest BCUT2D eigenvalue weighted by Gasteiger charge is 2.30. The van der Waals surface area contributed by atoms with Gasteiger partial charge in [0.2, 0.25) is 0 Å². The molecule has 2 heterocycles. The van der Waals surface area contributed by atoms with Gasteiger partial charge in [-0.3, -0.25) is 18.2 Å². The number of hydrogen-bond donors (Lipinski definition) is 3. The van der Waals surface area contributed by atoms with Gasteiger partial charge < -0.3 is 10.1 Å². The van der Waals surface area contributed by atoms with E-state index in [0.717, 1.165) is 18.6 Å². The van der Waals surface area contributed by atoms with Crippen LogP contribution in [0.5, 0.6) is 0 Å². The lowest BCUT2D eigenvalue weighted by atomic mass is 9.98. The maximum Gasteiger partial charge on any atom is 0.257 e. The van der Waals surface area contributed by atoms with Gasteiger partial charge in [-0.15, -0.1) is 10.8 Å². The molecule has 2 fully saturated rings. The van der Waals surface area contributed by atoms with Crippen molar-refractivity contribution < 1.29 is 18.6 Å². The molecule has 2 aromatic rings. The number of hydrogen-bond acceptors (Lipinski definition) is 5. The molecule has 0 radical (unpaired) electrons. The lowest BCUT2D eigenvalue weighted by Gasteiger charge is -2.38. The Morgan fingerprint density at radius 1 is 1.21 bits per heavy atom. The zero-order valence-electron chi connectivity index (χ0n) is 15.6. The van der Waals surface area contributed by atoms with Gasteiger partial charge >= 0.3 is 0 Å². The first kappa shape index (κ1) is 20.8. The highest BCUT2D eigenvalue weighted by atomic mass is 35.5. The number of rotatable bonds is 4. The molecule has 1 amide bonds. The first-order valence-electron chi connectivity index (χ1n) is 9.36. The number of carbonyl (C=O) groups is 1. The summed E-state index contributed by atoms with van der Waals surface area (Å²) >= 11 is 12.5. The molecule has 4 rings (SSSR count). The maximum absolute atomic E-state index is 12.9. The van der Waals surface area contributed by atoms with Crippen molar-refractivity contribution in [3.8, 4) is 0 Å². The molecular weight excluding hydrogens is 435 g/mol. The molecule has 0 aromatic heterocycles. The minimum atomic E-state index is -2.85. The summed E-state index contributed by atoms with van der Waals surface area (Å²) in [7, 11) is -2.85. The summed E-state index contributed by atoms with van der Waals surface area (Å²) in [6, 6.07) is 10.4. The zero-order valence-corrected chi connectivity index (χ0v) is 17.9. The van der Waals surface area contributed by atoms with E-state index < -0.39 is 10.8 Å². The third-order valence-electron chi connectivity index (χ3n) is 5.19. The standard InChI is InChI=1S/C20H22Cl2N2O4S/c21-15-8-14(13-4-6-28-12-13)9-16(10-15)23-20(25)18-11-17(2-3-19(18)22)24-5-1-7-29(24,26)27/h2-3,8-11,13,26-27H,1,4-7,12H2,(H,23,25). The Morgan fingerprint density at radius 3 is 2.72 bits per heavy atom. The van der Waals surface area contributed by atoms with Crippen molar-refractivity contribution in [1.29, 1.82) is 0 Å². The van der Waals surface area contributed by atoms with Crippen molar-refractivity contribution in [2.75, 3.05) is 35.1 Å². The van der Waals surface area contributed by atoms with Crippen LogP contribution in [-0.2, 0) is 4.74 Å². The first-order valence-corrected chi connectivity index (χ1v) is 11.8. The van der Waals surface area contributed by atoms with E-state index >= 15 is 0 Å². The molecule has 0 aliphatic carbocycles. The molecule has 3 N–H and O–H groups in total. The van der Waals surface area contributed by atoms with Crippen LogP contribution < -0.4 is 9.62 Å². The molecule has 2 aliphatic rings. The highest BCUT2D eigenvalue weighted by molar-refractivity contribution is 8.25. The van der Waals surface area contributed by atoms with Gasteiger partial charge in [0.1, 0.15) is 0 Å². The molecule has 1 unspecified atom stereocenters. The normalized spacial score (nSPS) is 21.9. The van der Waals surface area contributed by atoms with Gasteiger partial charge in [0.25, 0.3) is 5.91 Å². The van der Waals surface area contributed by atoms with E-state index in [4.69, 9.17) is 27.9 Å². The number of anilines is 2. The fourth-order valence-corrected chi connectivity index (χ4v) is 5.77. The number of nitrogens with one attached hydrogen (secondary N) is 1. The number of amides is 1. The molecule has 2 aromatic carbocycles. The van der Waals surface area contributed by atoms with E-state index in [9.17, 15) is 13.9 Å². The predicted molar refractivity (Wildman–Crippen MR) is 119 cm³/mol. The number of ether oxygens (including phenoxy) is 1. The van der Waals surface area contributed by atoms with E-state index in [1.54, 1.807) is 24.3 Å². The van der Waals surface area contributed by atoms with E-state index in [2.05, 4.69) is 5.32 Å². The van der Waals surface area contributed by atoms with E-state index in [1.165, 1.54) is 4.31 Å². The summed E-state index contributed by atoms with van der Waals surface area (Å²) in [4.78, 5) is 12.9. The van der Waals surface area contributed by atoms with Gasteiger partial charge in [0.05, 0.1) is 28.6 Å². The van der Waals surface area contributed by atoms with Crippen molar-refractivity contribution in [2.24, 2.45) is 0 Å². The third kappa shape index (κ3) is 4.50. The van der Waals surface area contributed by atoms with Crippen LogP contribution in [0, 0.1) is 0 Å². The molecule has 0 saturated carbocycles. The molecule has 9 heteroatoms. The fraction of sp³-hybridized carbons (Fsp3) is 0.350. The molecule has 6 nitrogen and oxygen atoms in total. The van der Waals surface area contributed by atoms with Crippen LogP contribution in [0.3, 0.4) is 0 Å². The summed E-state index contributed by atoms with van der Waals surface area (Å²) in [6.07, 6.45) is 1.60. The van der Waals surface area contributed by atoms with E-state index in [1.807, 2.05) is 12.1 Å². The SMILES string of the molecule is O=C(Nc1cc(Cl)cc(C2CCOC2)c1)c1cc(N2CCCS2(O)O)ccc1Cl. The van der Waals surface area contributed by atoms with Gasteiger partial charge in [-0.05, 0) is 54.8 Å². The molecule has 156 valence electrons. The van der Waals surface area contributed by atoms with Crippen LogP contribution in [0.15, 0.2) is 36.4 Å². The summed E-state index contributed by atoms with van der Waals surface area (Å²) < 4.78 is 27.4. The lowest BCUT2D eigenvalue weighted by Crippen LogP contribution is -2.22. The number of halogens is 2. The third-order valence-corrected chi connectivity index (χ3v) is 7.68. The van der Waals surface area contributed by atoms with Crippen LogP contribution in [0.25, 0.3) is 0 Å². The van der Waals surface area contributed by atoms with E-state index in [-0.39, 0.29) is 22.4 Å². The molecule has 0 bridgehead atoms. The van der Waals surface area contributed by atoms with Crippen molar-refractivity contribution >= 4 is 51.3 Å². The summed E-state index contributed by atoms with van der Waals surface area (Å²) in [5.74, 6) is 0.202. The second-order valence-electron chi connectivity index (χ2n) is 7.24. The Morgan fingerprint density at radius 2 is 2.03 bits per heavy atom. The van der Waals surface area contributed by atoms with Gasteiger partial charge in [-0.2, -0.15) is 0 Å². The van der Waals surface area contributed by atoms with Gasteiger partial charge in [-0.1, -0.05) is 23.2 Å². The number of nitrogens with zero attached hydrogens (tertiary/aromatic N) is 1. The highest BCUT2D eigenvalue weighted by Crippen LogP contribution is 2.51. The van der Waals surface area contributed by atoms with Crippen LogP contribution in [-0.4, -0.2) is 40.5 Å². The molecule has 1 atom stereocenters. The van der Waals surface area contributed by atoms with Crippen LogP contribution in [0.1, 0.15) is 34.7 Å². The average molecular weight is 457 g/mol. The van der Waals surface area contributed by atoms with Crippen molar-refractivity contribution in [1.82, 2.24) is 0 Å². The quantitative estimate of drug-likeness (QED) is 0.555. The second-order valence-corrected chi connectivity index (χ2v) is 10.2. The summed E-state index contributed by atoms with van der Waals surface area (Å²) in [5.41, 5.74) is 2.43. The lowest BCUT2D eigenvalue weighted by molar-refractivity contribution is 0.102. The molecule has 0 spiro atoms. The molecule has 2 saturated heterocycles. The predicted octanol–water partition coefficient (Wildman–Crippen LogP) is 5.63. The van der Waals surface area contributed by atoms with Crippen LogP contribution >= 0.6 is 34.0 Å². The fourth-order valence-electron chi connectivity index (χ4n) is 3.71. The van der Waals surface area contributed by atoms with Crippen molar-refractivity contribution in [2.45, 2.75) is 18.8 Å². The minimum absolute atomic E-state index is 0.261. The number of carbonyl (C=O) groups excluding carboxylic acids is 1. The van der Waals surface area contributed by atoms with Gasteiger partial charge in [0, 0.05) is 29.8 Å². The van der Waals surface area contributed by atoms with Gasteiger partial charge in [0.15, 0.2) is 0 Å². The zero-order chi connectivity index (χ0) is 20.6. The smallest absolute Gasteiger partial charge is 0.257 e. The number of benzene rings is 2. The minimum Gasteiger partial charge on any atom is -0.381 e. The van der Waals surface area contributed by atoms with Crippen molar-refractivity contribution in [3.63, 3.8) is 0 Å². The van der Waals surface area contributed by atoms with Crippen LogP contribution in [0.2, 0.25) is 10.0 Å². The summed E-state index contributed by atoms with van der Waals surface area (Å²) in [5, 5.41) is 3.68. The van der Waals surface area contributed by atoms with Crippen molar-refractivity contribution in [3.05, 3.63) is 57.6 Å². The van der Waals surface area contributed by atoms with Crippen LogP contribution in [0.4, 0.5) is 11.4 Å². The first-order chi connectivity index (χ1) is 13.8. The Hall–Kier alpha value is -1.48. The summed E-state index contributed by atoms with van der Waals surface area (Å²) in [6.45, 7) is 1.88. The topological polar surface area (TPSA) is 82.0 Å². The monoisotopic (exact) mass is 456 g/mol. The maximum atomic E-state index is 12.9. The Labute approximate surface area is 181 Å². The molecule has 29 heavy (non-hydrogen) atoms. The molecular formula is C20H22Cl2N2O4S. The largest absolute Gasteiger partial charge is 0.381 e. The Balaban J connectivity index is 1.58. The Kier molecular flexibility index (Phi) is 5.97. The van der Waals surface area contributed by atoms with E-state index in [0.29, 0.717) is 41.7 Å². The second kappa shape index (κ2) is 8.34. The molecule has 2 aliphatic heterocycles.